The quantitative estimate of drug-likeness (QED) is 0.296. The zero-order chi connectivity index (χ0) is 20.0. The molecule has 11 heteroatoms. The average Bonchev–Trinajstić information content (AvgIpc) is 3.07. The van der Waals surface area contributed by atoms with Gasteiger partial charge in [-0.05, 0) is 25.1 Å². The monoisotopic (exact) mass is 520 g/mol. The fraction of sp³-hybridized carbons (Fsp3) is 0.278. The number of guanidine groups is 1. The molecule has 2 aromatic heterocycles. The fourth-order valence-electron chi connectivity index (χ4n) is 2.54. The number of para-hydroxylation sites is 1. The van der Waals surface area contributed by atoms with Crippen LogP contribution in [-0.4, -0.2) is 33.5 Å². The van der Waals surface area contributed by atoms with E-state index in [0.29, 0.717) is 30.4 Å². The van der Waals surface area contributed by atoms with Crippen molar-refractivity contribution in [1.29, 1.82) is 0 Å². The van der Waals surface area contributed by atoms with Gasteiger partial charge in [-0.2, -0.15) is 0 Å². The molecule has 0 aliphatic heterocycles. The zero-order valence-electron chi connectivity index (χ0n) is 15.5. The first kappa shape index (κ1) is 22.7. The third-order valence-corrected chi connectivity index (χ3v) is 3.75. The number of ether oxygens (including phenoxy) is 1. The summed E-state index contributed by atoms with van der Waals surface area (Å²) in [6, 6.07) is 11.5. The van der Waals surface area contributed by atoms with Crippen LogP contribution in [0.15, 0.2) is 53.7 Å². The lowest BCUT2D eigenvalue weighted by Gasteiger charge is -2.13. The number of alkyl halides is 3. The van der Waals surface area contributed by atoms with Gasteiger partial charge in [-0.1, -0.05) is 24.3 Å². The van der Waals surface area contributed by atoms with Crippen LogP contribution < -0.4 is 15.4 Å². The van der Waals surface area contributed by atoms with Crippen LogP contribution in [0.25, 0.3) is 5.65 Å². The minimum Gasteiger partial charge on any atom is -0.405 e. The summed E-state index contributed by atoms with van der Waals surface area (Å²) in [7, 11) is 0. The second-order valence-corrected chi connectivity index (χ2v) is 5.75. The maximum atomic E-state index is 12.5. The van der Waals surface area contributed by atoms with Crippen LogP contribution >= 0.6 is 24.0 Å². The Balaban J connectivity index is 0.00000300. The van der Waals surface area contributed by atoms with Crippen LogP contribution in [0.2, 0.25) is 0 Å². The number of hydrogen-bond donors (Lipinski definition) is 2. The number of halogens is 4. The summed E-state index contributed by atoms with van der Waals surface area (Å²) < 4.78 is 43.5. The Morgan fingerprint density at radius 1 is 1.10 bits per heavy atom. The van der Waals surface area contributed by atoms with Gasteiger partial charge in [0.15, 0.2) is 17.4 Å². The summed E-state index contributed by atoms with van der Waals surface area (Å²) >= 11 is 0. The Morgan fingerprint density at radius 3 is 2.62 bits per heavy atom. The van der Waals surface area contributed by atoms with E-state index in [9.17, 15) is 13.2 Å². The summed E-state index contributed by atoms with van der Waals surface area (Å²) in [5.41, 5.74) is 1.05. The minimum absolute atomic E-state index is 0. The Hall–Kier alpha value is -2.57. The van der Waals surface area contributed by atoms with E-state index in [2.05, 4.69) is 30.6 Å². The van der Waals surface area contributed by atoms with Gasteiger partial charge in [0.25, 0.3) is 0 Å². The molecular formula is C18H20F3IN6O. The molecule has 0 unspecified atom stereocenters. The number of aliphatic imine (C=N–C) groups is 1. The molecule has 3 rings (SSSR count). The van der Waals surface area contributed by atoms with Crippen molar-refractivity contribution in [2.24, 2.45) is 4.99 Å². The lowest BCUT2D eigenvalue weighted by molar-refractivity contribution is -0.274. The SMILES string of the molecule is CCNC(=NCc1ccccc1OC(F)(F)F)NCc1nnc2ccccn12.I. The molecule has 0 aliphatic carbocycles. The van der Waals surface area contributed by atoms with Crippen LogP contribution in [-0.2, 0) is 13.1 Å². The van der Waals surface area contributed by atoms with Gasteiger partial charge >= 0.3 is 6.36 Å². The summed E-state index contributed by atoms with van der Waals surface area (Å²) in [5, 5.41) is 14.3. The molecule has 0 spiro atoms. The normalized spacial score (nSPS) is 11.8. The van der Waals surface area contributed by atoms with E-state index in [4.69, 9.17) is 0 Å². The molecule has 0 bridgehead atoms. The number of hydrogen-bond acceptors (Lipinski definition) is 4. The van der Waals surface area contributed by atoms with Crippen molar-refractivity contribution in [2.75, 3.05) is 6.54 Å². The number of nitrogens with zero attached hydrogens (tertiary/aromatic N) is 4. The van der Waals surface area contributed by atoms with E-state index >= 15 is 0 Å². The Bertz CT molecular complexity index is 960. The molecule has 2 heterocycles. The van der Waals surface area contributed by atoms with Crippen LogP contribution in [0.5, 0.6) is 5.75 Å². The predicted octanol–water partition coefficient (Wildman–Crippen LogP) is 3.50. The Kier molecular flexibility index (Phi) is 8.05. The van der Waals surface area contributed by atoms with Crippen molar-refractivity contribution in [3.05, 3.63) is 60.0 Å². The maximum absolute atomic E-state index is 12.5. The standard InChI is InChI=1S/C18H19F3N6O.HI/c1-2-22-17(24-12-16-26-25-15-9-5-6-10-27(15)16)23-11-13-7-3-4-8-14(13)28-18(19,20)21;/h3-10H,2,11-12H2,1H3,(H2,22,23,24);1H. The van der Waals surface area contributed by atoms with Crippen LogP contribution in [0.3, 0.4) is 0 Å². The van der Waals surface area contributed by atoms with E-state index < -0.39 is 6.36 Å². The molecule has 7 nitrogen and oxygen atoms in total. The number of aromatic nitrogens is 3. The van der Waals surface area contributed by atoms with Gasteiger partial charge in [-0.3, -0.25) is 4.40 Å². The predicted molar refractivity (Wildman–Crippen MR) is 113 cm³/mol. The Morgan fingerprint density at radius 2 is 1.86 bits per heavy atom. The number of fused-ring (bicyclic) bond motifs is 1. The highest BCUT2D eigenvalue weighted by atomic mass is 127. The van der Waals surface area contributed by atoms with Crippen molar-refractivity contribution in [3.8, 4) is 5.75 Å². The number of pyridine rings is 1. The van der Waals surface area contributed by atoms with E-state index in [-0.39, 0.29) is 36.3 Å². The van der Waals surface area contributed by atoms with Crippen molar-refractivity contribution >= 4 is 35.6 Å². The minimum atomic E-state index is -4.75. The molecule has 1 aromatic carbocycles. The van der Waals surface area contributed by atoms with Gasteiger partial charge in [-0.25, -0.2) is 4.99 Å². The molecule has 0 amide bonds. The van der Waals surface area contributed by atoms with Gasteiger partial charge in [0.1, 0.15) is 5.75 Å². The fourth-order valence-corrected chi connectivity index (χ4v) is 2.54. The van der Waals surface area contributed by atoms with Crippen LogP contribution in [0, 0.1) is 0 Å². The summed E-state index contributed by atoms with van der Waals surface area (Å²) in [6.07, 6.45) is -2.90. The van der Waals surface area contributed by atoms with Crippen LogP contribution in [0.1, 0.15) is 18.3 Å². The smallest absolute Gasteiger partial charge is 0.405 e. The van der Waals surface area contributed by atoms with E-state index in [0.717, 1.165) is 5.65 Å². The van der Waals surface area contributed by atoms with Crippen LogP contribution in [0.4, 0.5) is 13.2 Å². The molecule has 0 atom stereocenters. The largest absolute Gasteiger partial charge is 0.573 e. The summed E-state index contributed by atoms with van der Waals surface area (Å²) in [6.45, 7) is 2.84. The van der Waals surface area contributed by atoms with Gasteiger partial charge < -0.3 is 15.4 Å². The van der Waals surface area contributed by atoms with E-state index in [1.54, 1.807) is 12.1 Å². The van der Waals surface area contributed by atoms with Gasteiger partial charge in [0.2, 0.25) is 0 Å². The zero-order valence-corrected chi connectivity index (χ0v) is 17.8. The molecular weight excluding hydrogens is 500 g/mol. The average molecular weight is 520 g/mol. The van der Waals surface area contributed by atoms with Crippen molar-refractivity contribution in [1.82, 2.24) is 25.2 Å². The highest BCUT2D eigenvalue weighted by molar-refractivity contribution is 14.0. The Labute approximate surface area is 182 Å². The van der Waals surface area contributed by atoms with Crippen molar-refractivity contribution in [3.63, 3.8) is 0 Å². The summed E-state index contributed by atoms with van der Waals surface area (Å²) in [5.74, 6) is 0.858. The first-order valence-corrected chi connectivity index (χ1v) is 8.61. The molecule has 156 valence electrons. The third kappa shape index (κ3) is 6.48. The van der Waals surface area contributed by atoms with Crippen molar-refractivity contribution in [2.45, 2.75) is 26.4 Å². The highest BCUT2D eigenvalue weighted by Gasteiger charge is 2.31. The van der Waals surface area contributed by atoms with Gasteiger partial charge in [0, 0.05) is 18.3 Å². The molecule has 3 aromatic rings. The second kappa shape index (κ2) is 10.3. The maximum Gasteiger partial charge on any atom is 0.573 e. The number of rotatable bonds is 6. The van der Waals surface area contributed by atoms with E-state index in [1.807, 2.05) is 35.7 Å². The topological polar surface area (TPSA) is 75.8 Å². The molecule has 0 aliphatic rings. The third-order valence-electron chi connectivity index (χ3n) is 3.75. The number of benzene rings is 1. The molecule has 0 fully saturated rings. The first-order chi connectivity index (χ1) is 13.5. The second-order valence-electron chi connectivity index (χ2n) is 5.75. The lowest BCUT2D eigenvalue weighted by atomic mass is 10.2. The lowest BCUT2D eigenvalue weighted by Crippen LogP contribution is -2.37. The molecule has 0 saturated heterocycles. The van der Waals surface area contributed by atoms with E-state index in [1.165, 1.54) is 12.1 Å². The van der Waals surface area contributed by atoms with Gasteiger partial charge in [0.05, 0.1) is 13.1 Å². The summed E-state index contributed by atoms with van der Waals surface area (Å²) in [4.78, 5) is 4.34. The molecule has 0 saturated carbocycles. The molecule has 29 heavy (non-hydrogen) atoms. The molecule has 2 N–H and O–H groups in total. The van der Waals surface area contributed by atoms with Crippen molar-refractivity contribution < 1.29 is 17.9 Å². The number of nitrogens with one attached hydrogen (secondary N) is 2. The first-order valence-electron chi connectivity index (χ1n) is 8.61. The highest BCUT2D eigenvalue weighted by Crippen LogP contribution is 2.26. The van der Waals surface area contributed by atoms with Gasteiger partial charge in [-0.15, -0.1) is 47.3 Å². The molecule has 0 radical (unpaired) electrons.